The van der Waals surface area contributed by atoms with Crippen molar-refractivity contribution < 1.29 is 15.3 Å². The van der Waals surface area contributed by atoms with Crippen LogP contribution in [0.5, 0.6) is 17.2 Å². The Balaban J connectivity index is 1.90. The van der Waals surface area contributed by atoms with Crippen molar-refractivity contribution in [1.29, 1.82) is 0 Å². The Morgan fingerprint density at radius 1 is 0.344 bits per heavy atom. The van der Waals surface area contributed by atoms with Gasteiger partial charge in [0.15, 0.2) is 0 Å². The van der Waals surface area contributed by atoms with Crippen molar-refractivity contribution in [3.8, 4) is 17.2 Å². The van der Waals surface area contributed by atoms with Crippen molar-refractivity contribution in [2.24, 2.45) is 0 Å². The van der Waals surface area contributed by atoms with Crippen molar-refractivity contribution in [2.75, 3.05) is 0 Å². The summed E-state index contributed by atoms with van der Waals surface area (Å²) >= 11 is 0. The summed E-state index contributed by atoms with van der Waals surface area (Å²) in [6.45, 7) is 46.2. The molecule has 3 N–H and O–H groups in total. The van der Waals surface area contributed by atoms with Crippen molar-refractivity contribution in [2.45, 2.75) is 197 Å². The average molecular weight is 825 g/mol. The Kier molecular flexibility index (Phi) is 12.4. The van der Waals surface area contributed by atoms with Gasteiger partial charge in [-0.05, 0) is 167 Å². The number of rotatable bonds is 6. The average Bonchev–Trinajstić information content (AvgIpc) is 3.08. The first kappa shape index (κ1) is 47.8. The van der Waals surface area contributed by atoms with E-state index in [4.69, 9.17) is 0 Å². The van der Waals surface area contributed by atoms with Crippen molar-refractivity contribution >= 4 is 10.8 Å². The third-order valence-corrected chi connectivity index (χ3v) is 13.1. The normalized spacial score (nSPS) is 13.4. The number of phenols is 3. The van der Waals surface area contributed by atoms with Crippen LogP contribution in [0.25, 0.3) is 10.8 Å². The van der Waals surface area contributed by atoms with Crippen molar-refractivity contribution in [1.82, 2.24) is 0 Å². The largest absolute Gasteiger partial charge is 0.507 e. The van der Waals surface area contributed by atoms with Crippen LogP contribution in [0, 0.1) is 20.8 Å². The molecule has 3 heteroatoms. The summed E-state index contributed by atoms with van der Waals surface area (Å²) in [5.41, 5.74) is 15.9. The molecule has 0 radical (unpaired) electrons. The fourth-order valence-corrected chi connectivity index (χ4v) is 9.40. The maximum absolute atomic E-state index is 11.7. The molecule has 0 spiro atoms. The van der Waals surface area contributed by atoms with E-state index in [1.807, 2.05) is 0 Å². The van der Waals surface area contributed by atoms with Crippen LogP contribution in [-0.4, -0.2) is 15.3 Å². The summed E-state index contributed by atoms with van der Waals surface area (Å²) in [5.74, 6) is 1.22. The Morgan fingerprint density at radius 3 is 0.885 bits per heavy atom. The van der Waals surface area contributed by atoms with Crippen LogP contribution in [0.3, 0.4) is 0 Å². The third-order valence-electron chi connectivity index (χ3n) is 13.1. The molecule has 0 fully saturated rings. The summed E-state index contributed by atoms with van der Waals surface area (Å²) in [6.07, 6.45) is 2.20. The maximum Gasteiger partial charge on any atom is 0.123 e. The predicted octanol–water partition coefficient (Wildman–Crippen LogP) is 15.4. The quantitative estimate of drug-likeness (QED) is 0.160. The van der Waals surface area contributed by atoms with Crippen LogP contribution in [0.2, 0.25) is 0 Å². The van der Waals surface area contributed by atoms with Gasteiger partial charge in [-0.3, -0.25) is 0 Å². The molecular formula is C58H80O3. The van der Waals surface area contributed by atoms with Crippen LogP contribution in [-0.2, 0) is 51.8 Å². The lowest BCUT2D eigenvalue weighted by molar-refractivity contribution is 0.422. The second-order valence-electron chi connectivity index (χ2n) is 24.6. The molecule has 0 saturated heterocycles. The minimum absolute atomic E-state index is 0.231. The number of hydrogen-bond acceptors (Lipinski definition) is 3. The number of aromatic hydroxyl groups is 3. The number of hydrogen-bond donors (Lipinski definition) is 3. The molecule has 0 saturated carbocycles. The summed E-state index contributed by atoms with van der Waals surface area (Å²) in [7, 11) is 0. The van der Waals surface area contributed by atoms with Crippen LogP contribution >= 0.6 is 0 Å². The minimum Gasteiger partial charge on any atom is -0.507 e. The smallest absolute Gasteiger partial charge is 0.123 e. The van der Waals surface area contributed by atoms with E-state index in [2.05, 4.69) is 194 Å². The number of aryl methyl sites for hydroxylation is 2. The highest BCUT2D eigenvalue weighted by Crippen LogP contribution is 2.45. The standard InChI is InChI=1S/C58H80O3/c1-33-22-23-39-42(26-38-31-47(57(16,17)18)52(61)48(32-38)58(19,20)21)34(2)41(25-37-29-45(55(10,11)12)51(60)46(30-37)56(13,14)15)35(3)49(39)40(33)24-36-27-43(53(4,5)6)50(59)44(28-36)54(7,8)9/h22-23,27-32,59-61H,24-26H2,1-21H3. The summed E-state index contributed by atoms with van der Waals surface area (Å²) in [4.78, 5) is 0. The van der Waals surface area contributed by atoms with Crippen molar-refractivity contribution in [3.63, 3.8) is 0 Å². The van der Waals surface area contributed by atoms with Gasteiger partial charge in [0.1, 0.15) is 17.2 Å². The topological polar surface area (TPSA) is 60.7 Å². The van der Waals surface area contributed by atoms with E-state index in [1.54, 1.807) is 0 Å². The van der Waals surface area contributed by atoms with E-state index in [9.17, 15) is 15.3 Å². The molecule has 0 aliphatic rings. The zero-order valence-electron chi connectivity index (χ0n) is 42.1. The maximum atomic E-state index is 11.7. The fraction of sp³-hybridized carbons (Fsp3) is 0.517. The molecule has 0 bridgehead atoms. The summed E-state index contributed by atoms with van der Waals surface area (Å²) < 4.78 is 0. The molecular weight excluding hydrogens is 745 g/mol. The van der Waals surface area contributed by atoms with E-state index in [0.29, 0.717) is 17.2 Å². The van der Waals surface area contributed by atoms with Crippen LogP contribution in [0.4, 0.5) is 0 Å². The first-order valence-electron chi connectivity index (χ1n) is 22.7. The van der Waals surface area contributed by atoms with E-state index in [1.165, 1.54) is 60.8 Å². The van der Waals surface area contributed by atoms with Gasteiger partial charge in [0.25, 0.3) is 0 Å². The molecule has 330 valence electrons. The lowest BCUT2D eigenvalue weighted by Crippen LogP contribution is -2.18. The zero-order valence-corrected chi connectivity index (χ0v) is 42.1. The van der Waals surface area contributed by atoms with E-state index < -0.39 is 0 Å². The molecule has 5 aromatic carbocycles. The zero-order chi connectivity index (χ0) is 46.3. The molecule has 0 atom stereocenters. The van der Waals surface area contributed by atoms with Gasteiger partial charge in [-0.25, -0.2) is 0 Å². The van der Waals surface area contributed by atoms with Crippen LogP contribution < -0.4 is 0 Å². The molecule has 0 aliphatic heterocycles. The molecule has 3 nitrogen and oxygen atoms in total. The van der Waals surface area contributed by atoms with Gasteiger partial charge in [-0.15, -0.1) is 0 Å². The Morgan fingerprint density at radius 2 is 0.607 bits per heavy atom. The molecule has 5 aromatic rings. The van der Waals surface area contributed by atoms with Gasteiger partial charge in [-0.2, -0.15) is 0 Å². The Labute approximate surface area is 371 Å². The highest BCUT2D eigenvalue weighted by atomic mass is 16.3. The lowest BCUT2D eigenvalue weighted by Gasteiger charge is -2.30. The molecule has 0 unspecified atom stereocenters. The first-order valence-corrected chi connectivity index (χ1v) is 22.7. The summed E-state index contributed by atoms with van der Waals surface area (Å²) in [6, 6.07) is 18.1. The van der Waals surface area contributed by atoms with Gasteiger partial charge >= 0.3 is 0 Å². The van der Waals surface area contributed by atoms with E-state index in [-0.39, 0.29) is 32.5 Å². The predicted molar refractivity (Wildman–Crippen MR) is 263 cm³/mol. The third kappa shape index (κ3) is 9.72. The van der Waals surface area contributed by atoms with Gasteiger partial charge in [0.05, 0.1) is 0 Å². The second-order valence-corrected chi connectivity index (χ2v) is 24.6. The van der Waals surface area contributed by atoms with E-state index >= 15 is 0 Å². The van der Waals surface area contributed by atoms with Gasteiger partial charge in [0, 0.05) is 0 Å². The number of phenolic OH excluding ortho intramolecular Hbond substituents is 3. The summed E-state index contributed by atoms with van der Waals surface area (Å²) in [5, 5.41) is 37.7. The van der Waals surface area contributed by atoms with Crippen LogP contribution in [0.1, 0.15) is 208 Å². The van der Waals surface area contributed by atoms with Gasteiger partial charge < -0.3 is 15.3 Å². The molecule has 5 rings (SSSR count). The van der Waals surface area contributed by atoms with Gasteiger partial charge in [-0.1, -0.05) is 173 Å². The highest BCUT2D eigenvalue weighted by molar-refractivity contribution is 5.95. The lowest BCUT2D eigenvalue weighted by atomic mass is 9.76. The fourth-order valence-electron chi connectivity index (χ4n) is 9.40. The minimum atomic E-state index is -0.240. The Hall–Kier alpha value is -4.24. The molecule has 0 aromatic heterocycles. The van der Waals surface area contributed by atoms with Crippen LogP contribution in [0.15, 0.2) is 48.5 Å². The second kappa shape index (κ2) is 15.8. The monoisotopic (exact) mass is 825 g/mol. The first-order chi connectivity index (χ1) is 27.5. The molecule has 0 heterocycles. The van der Waals surface area contributed by atoms with Crippen molar-refractivity contribution in [3.05, 3.63) is 132 Å². The number of fused-ring (bicyclic) bond motifs is 1. The SMILES string of the molecule is Cc1ccc2c(Cc3cc(C(C)(C)C)c(O)c(C(C)(C)C)c3)c(C)c(Cc3cc(C(C)(C)C)c(O)c(C(C)(C)C)c3)c(C)c2c1Cc1cc(C(C)(C)C)c(O)c(C(C)(C)C)c1. The number of benzene rings is 5. The Bertz CT molecular complexity index is 2380. The molecule has 0 amide bonds. The van der Waals surface area contributed by atoms with Gasteiger partial charge in [0.2, 0.25) is 0 Å². The molecule has 0 aliphatic carbocycles. The van der Waals surface area contributed by atoms with E-state index in [0.717, 1.165) is 52.6 Å². The highest BCUT2D eigenvalue weighted by Gasteiger charge is 2.31. The molecule has 61 heavy (non-hydrogen) atoms.